The molecule has 1 aromatic rings. The first-order valence-corrected chi connectivity index (χ1v) is 4.62. The van der Waals surface area contributed by atoms with Crippen molar-refractivity contribution in [2.24, 2.45) is 0 Å². The Morgan fingerprint density at radius 1 is 1.42 bits per heavy atom. The lowest BCUT2D eigenvalue weighted by molar-refractivity contribution is 0.449. The van der Waals surface area contributed by atoms with Gasteiger partial charge in [0.25, 0.3) is 0 Å². The topological polar surface area (TPSA) is 25.2 Å². The maximum absolute atomic E-state index is 5.30. The number of hydrogen-bond donors (Lipinski definition) is 1. The second-order valence-electron chi connectivity index (χ2n) is 3.46. The first-order valence-electron chi connectivity index (χ1n) is 4.62. The lowest BCUT2D eigenvalue weighted by Crippen LogP contribution is -2.26. The normalized spacial score (nSPS) is 19.8. The molecule has 0 bridgehead atoms. The van der Waals surface area contributed by atoms with E-state index in [1.54, 1.807) is 6.26 Å². The summed E-state index contributed by atoms with van der Waals surface area (Å²) in [5, 5.41) is 3.37. The molecule has 1 aliphatic rings. The van der Waals surface area contributed by atoms with Gasteiger partial charge in [0.05, 0.1) is 6.26 Å². The number of rotatable bonds is 1. The van der Waals surface area contributed by atoms with Gasteiger partial charge in [-0.3, -0.25) is 0 Å². The third kappa shape index (κ3) is 1.39. The molecule has 0 saturated carbocycles. The predicted octanol–water partition coefficient (Wildman–Crippen LogP) is 2.06. The standard InChI is InChI=1S/C10H15NO/c1-8-10(4-7-12-8)9-2-5-11-6-3-9/h4,7,9,11H,2-3,5-6H2,1H3. The quantitative estimate of drug-likeness (QED) is 0.689. The average molecular weight is 165 g/mol. The molecule has 0 aliphatic carbocycles. The van der Waals surface area contributed by atoms with Gasteiger partial charge in [-0.1, -0.05) is 0 Å². The van der Waals surface area contributed by atoms with E-state index in [0.29, 0.717) is 0 Å². The molecule has 2 heterocycles. The summed E-state index contributed by atoms with van der Waals surface area (Å²) in [5.41, 5.74) is 1.41. The summed E-state index contributed by atoms with van der Waals surface area (Å²) in [4.78, 5) is 0. The Morgan fingerprint density at radius 3 is 2.75 bits per heavy atom. The SMILES string of the molecule is Cc1occc1C1CCNCC1. The molecule has 0 aromatic carbocycles. The van der Waals surface area contributed by atoms with Gasteiger partial charge in [0.2, 0.25) is 0 Å². The fraction of sp³-hybridized carbons (Fsp3) is 0.600. The third-order valence-electron chi connectivity index (χ3n) is 2.68. The van der Waals surface area contributed by atoms with Crippen LogP contribution in [-0.4, -0.2) is 13.1 Å². The van der Waals surface area contributed by atoms with E-state index in [9.17, 15) is 0 Å². The van der Waals surface area contributed by atoms with Crippen molar-refractivity contribution in [3.05, 3.63) is 23.7 Å². The first kappa shape index (κ1) is 7.87. The van der Waals surface area contributed by atoms with Gasteiger partial charge >= 0.3 is 0 Å². The first-order chi connectivity index (χ1) is 5.88. The summed E-state index contributed by atoms with van der Waals surface area (Å²) < 4.78 is 5.30. The van der Waals surface area contributed by atoms with Gasteiger partial charge in [-0.25, -0.2) is 0 Å². The molecule has 2 rings (SSSR count). The van der Waals surface area contributed by atoms with Crippen molar-refractivity contribution in [3.63, 3.8) is 0 Å². The molecule has 1 fully saturated rings. The van der Waals surface area contributed by atoms with Crippen molar-refractivity contribution in [2.45, 2.75) is 25.7 Å². The van der Waals surface area contributed by atoms with Crippen LogP contribution >= 0.6 is 0 Å². The van der Waals surface area contributed by atoms with Crippen LogP contribution in [0.3, 0.4) is 0 Å². The Kier molecular flexibility index (Phi) is 2.17. The largest absolute Gasteiger partial charge is 0.469 e. The van der Waals surface area contributed by atoms with Crippen LogP contribution in [-0.2, 0) is 0 Å². The summed E-state index contributed by atoms with van der Waals surface area (Å²) in [6.07, 6.45) is 4.30. The minimum absolute atomic E-state index is 0.727. The fourth-order valence-electron chi connectivity index (χ4n) is 1.95. The van der Waals surface area contributed by atoms with Crippen molar-refractivity contribution in [1.29, 1.82) is 0 Å². The van der Waals surface area contributed by atoms with Crippen LogP contribution in [0.15, 0.2) is 16.7 Å². The molecule has 0 atom stereocenters. The van der Waals surface area contributed by atoms with E-state index in [1.165, 1.54) is 18.4 Å². The van der Waals surface area contributed by atoms with Crippen molar-refractivity contribution >= 4 is 0 Å². The molecule has 0 unspecified atom stereocenters. The zero-order chi connectivity index (χ0) is 8.39. The highest BCUT2D eigenvalue weighted by atomic mass is 16.3. The van der Waals surface area contributed by atoms with Crippen LogP contribution in [0.5, 0.6) is 0 Å². The van der Waals surface area contributed by atoms with Crippen molar-refractivity contribution in [1.82, 2.24) is 5.32 Å². The van der Waals surface area contributed by atoms with Gasteiger partial charge in [0, 0.05) is 0 Å². The molecule has 2 heteroatoms. The Bertz CT molecular complexity index is 248. The average Bonchev–Trinajstić information content (AvgIpc) is 2.53. The van der Waals surface area contributed by atoms with Crippen LogP contribution in [0.25, 0.3) is 0 Å². The molecule has 12 heavy (non-hydrogen) atoms. The Balaban J connectivity index is 2.13. The highest BCUT2D eigenvalue weighted by molar-refractivity contribution is 5.21. The summed E-state index contributed by atoms with van der Waals surface area (Å²) in [7, 11) is 0. The van der Waals surface area contributed by atoms with Gasteiger partial charge in [0.15, 0.2) is 0 Å². The molecule has 66 valence electrons. The molecular formula is C10H15NO. The van der Waals surface area contributed by atoms with Crippen LogP contribution < -0.4 is 5.32 Å². The molecule has 0 radical (unpaired) electrons. The van der Waals surface area contributed by atoms with Crippen molar-refractivity contribution in [2.75, 3.05) is 13.1 Å². The minimum atomic E-state index is 0.727. The minimum Gasteiger partial charge on any atom is -0.469 e. The Labute approximate surface area is 73.0 Å². The molecule has 1 saturated heterocycles. The highest BCUT2D eigenvalue weighted by Gasteiger charge is 2.17. The molecule has 1 N–H and O–H groups in total. The number of hydrogen-bond acceptors (Lipinski definition) is 2. The second kappa shape index (κ2) is 3.31. The third-order valence-corrected chi connectivity index (χ3v) is 2.68. The summed E-state index contributed by atoms with van der Waals surface area (Å²) >= 11 is 0. The van der Waals surface area contributed by atoms with Crippen molar-refractivity contribution < 1.29 is 4.42 Å². The molecular weight excluding hydrogens is 150 g/mol. The maximum atomic E-state index is 5.30. The predicted molar refractivity (Wildman–Crippen MR) is 48.3 cm³/mol. The van der Waals surface area contributed by atoms with Crippen LogP contribution in [0, 0.1) is 6.92 Å². The van der Waals surface area contributed by atoms with Gasteiger partial charge in [-0.05, 0) is 50.4 Å². The van der Waals surface area contributed by atoms with Crippen LogP contribution in [0.2, 0.25) is 0 Å². The monoisotopic (exact) mass is 165 g/mol. The summed E-state index contributed by atoms with van der Waals surface area (Å²) in [6, 6.07) is 2.12. The van der Waals surface area contributed by atoms with E-state index in [1.807, 2.05) is 0 Å². The lowest BCUT2D eigenvalue weighted by Gasteiger charge is -2.21. The maximum Gasteiger partial charge on any atom is 0.104 e. The number of piperidine rings is 1. The van der Waals surface area contributed by atoms with E-state index in [-0.39, 0.29) is 0 Å². The van der Waals surface area contributed by atoms with Crippen LogP contribution in [0.4, 0.5) is 0 Å². The molecule has 1 aliphatic heterocycles. The fourth-order valence-corrected chi connectivity index (χ4v) is 1.95. The lowest BCUT2D eigenvalue weighted by atomic mass is 9.91. The smallest absolute Gasteiger partial charge is 0.104 e. The Hall–Kier alpha value is -0.760. The number of nitrogens with one attached hydrogen (secondary N) is 1. The van der Waals surface area contributed by atoms with Gasteiger partial charge < -0.3 is 9.73 Å². The van der Waals surface area contributed by atoms with E-state index >= 15 is 0 Å². The summed E-state index contributed by atoms with van der Waals surface area (Å²) in [6.45, 7) is 4.35. The summed E-state index contributed by atoms with van der Waals surface area (Å²) in [5.74, 6) is 1.83. The molecule has 0 amide bonds. The van der Waals surface area contributed by atoms with E-state index in [2.05, 4.69) is 18.3 Å². The molecule has 1 aromatic heterocycles. The highest BCUT2D eigenvalue weighted by Crippen LogP contribution is 2.27. The second-order valence-corrected chi connectivity index (χ2v) is 3.46. The van der Waals surface area contributed by atoms with Crippen molar-refractivity contribution in [3.8, 4) is 0 Å². The van der Waals surface area contributed by atoms with Gasteiger partial charge in [-0.2, -0.15) is 0 Å². The van der Waals surface area contributed by atoms with Gasteiger partial charge in [-0.15, -0.1) is 0 Å². The van der Waals surface area contributed by atoms with Crippen LogP contribution in [0.1, 0.15) is 30.1 Å². The molecule has 2 nitrogen and oxygen atoms in total. The van der Waals surface area contributed by atoms with Gasteiger partial charge in [0.1, 0.15) is 5.76 Å². The zero-order valence-electron chi connectivity index (χ0n) is 7.47. The molecule has 0 spiro atoms. The number of furan rings is 1. The zero-order valence-corrected chi connectivity index (χ0v) is 7.47. The number of aryl methyl sites for hydroxylation is 1. The van der Waals surface area contributed by atoms with E-state index < -0.39 is 0 Å². The van der Waals surface area contributed by atoms with E-state index in [0.717, 1.165) is 24.8 Å². The van der Waals surface area contributed by atoms with E-state index in [4.69, 9.17) is 4.42 Å². The Morgan fingerprint density at radius 2 is 2.17 bits per heavy atom.